The second kappa shape index (κ2) is 65.9. The first kappa shape index (κ1) is 74.3. The quantitative estimate of drug-likeness (QED) is 0.0320. The summed E-state index contributed by atoms with van der Waals surface area (Å²) in [6.45, 7) is 4.99. The number of nitrogens with one attached hydrogen (secondary N) is 1. The molecule has 0 fully saturated rings. The average molecular weight is 1070 g/mol. The van der Waals surface area contributed by atoms with Crippen LogP contribution >= 0.6 is 0 Å². The van der Waals surface area contributed by atoms with Crippen molar-refractivity contribution in [3.8, 4) is 0 Å². The van der Waals surface area contributed by atoms with E-state index in [1.807, 2.05) is 0 Å². The maximum absolute atomic E-state index is 12.5. The van der Waals surface area contributed by atoms with E-state index >= 15 is 0 Å². The zero-order valence-electron chi connectivity index (χ0n) is 51.5. The summed E-state index contributed by atoms with van der Waals surface area (Å²) in [4.78, 5) is 24.6. The summed E-state index contributed by atoms with van der Waals surface area (Å²) in [5.74, 6) is -0.0204. The third-order valence-corrected chi connectivity index (χ3v) is 16.3. The molecule has 6 nitrogen and oxygen atoms in total. The number of carbonyl (C=O) groups is 2. The van der Waals surface area contributed by atoms with E-state index in [1.54, 1.807) is 0 Å². The molecule has 0 radical (unpaired) electrons. The third-order valence-electron chi connectivity index (χ3n) is 16.3. The topological polar surface area (TPSA) is 95.9 Å². The number of hydrogen-bond acceptors (Lipinski definition) is 5. The van der Waals surface area contributed by atoms with Crippen LogP contribution in [0.3, 0.4) is 0 Å². The Kier molecular flexibility index (Phi) is 64.4. The first-order chi connectivity index (χ1) is 37.5. The van der Waals surface area contributed by atoms with Gasteiger partial charge < -0.3 is 20.3 Å². The van der Waals surface area contributed by atoms with E-state index < -0.39 is 12.1 Å². The first-order valence-electron chi connectivity index (χ1n) is 34.6. The van der Waals surface area contributed by atoms with E-state index in [9.17, 15) is 19.8 Å². The molecule has 0 saturated carbocycles. The monoisotopic (exact) mass is 1070 g/mol. The Bertz CT molecular complexity index is 1190. The van der Waals surface area contributed by atoms with Crippen molar-refractivity contribution in [2.45, 2.75) is 398 Å². The lowest BCUT2D eigenvalue weighted by molar-refractivity contribution is -0.143. The number of amides is 1. The zero-order chi connectivity index (χ0) is 55.0. The number of aliphatic hydroxyl groups excluding tert-OH is 2. The minimum absolute atomic E-state index is 0.0148. The standard InChI is InChI=1S/C70H135NO5/c1-3-5-7-9-11-13-15-17-19-34-38-42-46-50-54-58-62-68(73)67(66-72)71-69(74)63-59-55-51-47-43-39-35-32-30-28-26-24-22-21-23-25-27-29-31-33-37-41-45-49-53-57-61-65-76-70(75)64-60-56-52-48-44-40-36-20-18-16-14-12-10-8-6-4-2/h21-22,25,27,67-68,72-73H,3-20,23-24,26,28-66H2,1-2H3,(H,71,74)/b22-21-,27-25-. The molecule has 0 aromatic rings. The van der Waals surface area contributed by atoms with E-state index in [4.69, 9.17) is 4.74 Å². The number of esters is 1. The van der Waals surface area contributed by atoms with E-state index in [2.05, 4.69) is 43.5 Å². The van der Waals surface area contributed by atoms with E-state index in [0.717, 1.165) is 44.9 Å². The van der Waals surface area contributed by atoms with Gasteiger partial charge in [0.15, 0.2) is 0 Å². The minimum atomic E-state index is -0.666. The second-order valence-corrected chi connectivity index (χ2v) is 23.9. The number of unbranched alkanes of at least 4 members (excludes halogenated alkanes) is 50. The molecule has 0 aliphatic heterocycles. The van der Waals surface area contributed by atoms with E-state index in [-0.39, 0.29) is 18.5 Å². The van der Waals surface area contributed by atoms with Crippen molar-refractivity contribution in [1.82, 2.24) is 5.32 Å². The Morgan fingerprint density at radius 3 is 1.00 bits per heavy atom. The van der Waals surface area contributed by atoms with Crippen LogP contribution in [0.25, 0.3) is 0 Å². The number of aliphatic hydroxyl groups is 2. The van der Waals surface area contributed by atoms with Gasteiger partial charge in [-0.3, -0.25) is 9.59 Å². The van der Waals surface area contributed by atoms with Gasteiger partial charge in [-0.25, -0.2) is 0 Å². The fraction of sp³-hybridized carbons (Fsp3) is 0.914. The Hall–Kier alpha value is -1.66. The fourth-order valence-electron chi connectivity index (χ4n) is 11.0. The molecule has 2 unspecified atom stereocenters. The van der Waals surface area contributed by atoms with Crippen LogP contribution in [-0.2, 0) is 14.3 Å². The largest absolute Gasteiger partial charge is 0.466 e. The number of hydrogen-bond donors (Lipinski definition) is 3. The SMILES string of the molecule is CCCCCCCCCCCCCCCCCCC(=O)OCCCCCCCCCCC/C=C\C/C=C\CCCCCCCCCCCCCC(=O)NC(CO)C(O)CCCCCCCCCCCCCCCCCC. The van der Waals surface area contributed by atoms with Gasteiger partial charge in [-0.1, -0.05) is 340 Å². The summed E-state index contributed by atoms with van der Waals surface area (Å²) in [5, 5.41) is 23.3. The van der Waals surface area contributed by atoms with Gasteiger partial charge in [0.2, 0.25) is 5.91 Å². The van der Waals surface area contributed by atoms with Crippen LogP contribution in [-0.4, -0.2) is 47.4 Å². The van der Waals surface area contributed by atoms with Gasteiger partial charge >= 0.3 is 5.97 Å². The molecule has 0 saturated heterocycles. The number of ether oxygens (including phenoxy) is 1. The van der Waals surface area contributed by atoms with Gasteiger partial charge in [-0.15, -0.1) is 0 Å². The van der Waals surface area contributed by atoms with Crippen molar-refractivity contribution < 1.29 is 24.5 Å². The van der Waals surface area contributed by atoms with Gasteiger partial charge in [-0.2, -0.15) is 0 Å². The molecule has 0 spiro atoms. The first-order valence-corrected chi connectivity index (χ1v) is 34.6. The van der Waals surface area contributed by atoms with Crippen LogP contribution < -0.4 is 5.32 Å². The highest BCUT2D eigenvalue weighted by atomic mass is 16.5. The zero-order valence-corrected chi connectivity index (χ0v) is 51.5. The summed E-state index contributed by atoms with van der Waals surface area (Å²) in [5.41, 5.74) is 0. The van der Waals surface area contributed by atoms with Crippen molar-refractivity contribution in [3.63, 3.8) is 0 Å². The molecule has 76 heavy (non-hydrogen) atoms. The lowest BCUT2D eigenvalue weighted by Gasteiger charge is -2.22. The van der Waals surface area contributed by atoms with Gasteiger partial charge in [0.25, 0.3) is 0 Å². The second-order valence-electron chi connectivity index (χ2n) is 23.9. The van der Waals surface area contributed by atoms with Crippen molar-refractivity contribution in [2.24, 2.45) is 0 Å². The minimum Gasteiger partial charge on any atom is -0.466 e. The van der Waals surface area contributed by atoms with Gasteiger partial charge in [-0.05, 0) is 57.8 Å². The number of carbonyl (C=O) groups excluding carboxylic acids is 2. The van der Waals surface area contributed by atoms with Crippen LogP contribution in [0.1, 0.15) is 386 Å². The predicted molar refractivity (Wildman–Crippen MR) is 333 cm³/mol. The molecule has 0 aliphatic rings. The Balaban J connectivity index is 3.40. The Labute approximate surface area is 475 Å². The highest BCUT2D eigenvalue weighted by molar-refractivity contribution is 5.76. The maximum Gasteiger partial charge on any atom is 0.305 e. The highest BCUT2D eigenvalue weighted by Crippen LogP contribution is 2.19. The molecule has 450 valence electrons. The summed E-state index contributed by atoms with van der Waals surface area (Å²) in [6.07, 6.45) is 82.2. The molecule has 0 heterocycles. The van der Waals surface area contributed by atoms with Crippen LogP contribution in [0, 0.1) is 0 Å². The summed E-state index contributed by atoms with van der Waals surface area (Å²) in [7, 11) is 0. The summed E-state index contributed by atoms with van der Waals surface area (Å²) >= 11 is 0. The van der Waals surface area contributed by atoms with Gasteiger partial charge in [0.1, 0.15) is 0 Å². The molecular weight excluding hydrogens is 935 g/mol. The number of rotatable bonds is 65. The molecule has 1 amide bonds. The molecule has 0 aromatic carbocycles. The molecule has 0 aliphatic carbocycles. The summed E-state index contributed by atoms with van der Waals surface area (Å²) < 4.78 is 5.50. The van der Waals surface area contributed by atoms with Crippen LogP contribution in [0.15, 0.2) is 24.3 Å². The van der Waals surface area contributed by atoms with E-state index in [0.29, 0.717) is 25.9 Å². The molecule has 0 rings (SSSR count). The normalized spacial score (nSPS) is 12.6. The predicted octanol–water partition coefficient (Wildman–Crippen LogP) is 22.1. The molecular formula is C70H135NO5. The van der Waals surface area contributed by atoms with Crippen LogP contribution in [0.2, 0.25) is 0 Å². The van der Waals surface area contributed by atoms with Crippen LogP contribution in [0.4, 0.5) is 0 Å². The molecule has 0 aromatic heterocycles. The smallest absolute Gasteiger partial charge is 0.305 e. The summed E-state index contributed by atoms with van der Waals surface area (Å²) in [6, 6.07) is -0.544. The number of allylic oxidation sites excluding steroid dienone is 4. The van der Waals surface area contributed by atoms with Crippen molar-refractivity contribution in [3.05, 3.63) is 24.3 Å². The molecule has 0 bridgehead atoms. The Morgan fingerprint density at radius 1 is 0.368 bits per heavy atom. The lowest BCUT2D eigenvalue weighted by Crippen LogP contribution is -2.45. The third kappa shape index (κ3) is 61.6. The van der Waals surface area contributed by atoms with Gasteiger partial charge in [0.05, 0.1) is 25.4 Å². The highest BCUT2D eigenvalue weighted by Gasteiger charge is 2.20. The Morgan fingerprint density at radius 2 is 0.658 bits per heavy atom. The fourth-order valence-corrected chi connectivity index (χ4v) is 11.0. The van der Waals surface area contributed by atoms with Crippen LogP contribution in [0.5, 0.6) is 0 Å². The van der Waals surface area contributed by atoms with E-state index in [1.165, 1.54) is 308 Å². The molecule has 3 N–H and O–H groups in total. The van der Waals surface area contributed by atoms with Crippen molar-refractivity contribution >= 4 is 11.9 Å². The van der Waals surface area contributed by atoms with Crippen molar-refractivity contribution in [2.75, 3.05) is 13.2 Å². The van der Waals surface area contributed by atoms with Gasteiger partial charge in [0, 0.05) is 12.8 Å². The maximum atomic E-state index is 12.5. The van der Waals surface area contributed by atoms with Crippen molar-refractivity contribution in [1.29, 1.82) is 0 Å². The molecule has 2 atom stereocenters. The molecule has 6 heteroatoms. The average Bonchev–Trinajstić information content (AvgIpc) is 3.42. The lowest BCUT2D eigenvalue weighted by atomic mass is 10.0.